The lowest BCUT2D eigenvalue weighted by Crippen LogP contribution is -1.99. The van der Waals surface area contributed by atoms with Gasteiger partial charge in [-0.3, -0.25) is 0 Å². The van der Waals surface area contributed by atoms with Gasteiger partial charge in [0.25, 0.3) is 0 Å². The van der Waals surface area contributed by atoms with E-state index in [4.69, 9.17) is 0 Å². The molecule has 0 aliphatic heterocycles. The highest BCUT2D eigenvalue weighted by Gasteiger charge is 2.21. The van der Waals surface area contributed by atoms with Crippen LogP contribution in [-0.2, 0) is 0 Å². The summed E-state index contributed by atoms with van der Waals surface area (Å²) in [6.45, 7) is 6.14. The second kappa shape index (κ2) is 10.3. The van der Waals surface area contributed by atoms with Gasteiger partial charge in [-0.05, 0) is 59.0 Å². The van der Waals surface area contributed by atoms with Gasteiger partial charge < -0.3 is 4.57 Å². The Morgan fingerprint density at radius 3 is 2.21 bits per heavy atom. The smallest absolute Gasteiger partial charge is 0.0634 e. The van der Waals surface area contributed by atoms with E-state index in [0.29, 0.717) is 0 Å². The summed E-state index contributed by atoms with van der Waals surface area (Å²) in [7, 11) is 0. The van der Waals surface area contributed by atoms with Crippen molar-refractivity contribution >= 4 is 59.4 Å². The average molecular weight is 568 g/mol. The van der Waals surface area contributed by atoms with Crippen LogP contribution in [0.1, 0.15) is 11.1 Å². The second-order valence-electron chi connectivity index (χ2n) is 11.0. The van der Waals surface area contributed by atoms with Crippen LogP contribution >= 0.6 is 11.3 Å². The Bertz CT molecular complexity index is 2350. The van der Waals surface area contributed by atoms with E-state index in [0.717, 1.165) is 0 Å². The predicted molar refractivity (Wildman–Crippen MR) is 189 cm³/mol. The number of nitrogens with zero attached hydrogens (tertiary/aromatic N) is 1. The van der Waals surface area contributed by atoms with E-state index < -0.39 is 0 Å². The summed E-state index contributed by atoms with van der Waals surface area (Å²) < 4.78 is 5.13. The third-order valence-electron chi connectivity index (χ3n) is 8.52. The Morgan fingerprint density at radius 1 is 0.651 bits per heavy atom. The van der Waals surface area contributed by atoms with Gasteiger partial charge in [0.1, 0.15) is 0 Å². The summed E-state index contributed by atoms with van der Waals surface area (Å²) in [5, 5.41) is 5.14. The molecule has 0 aliphatic carbocycles. The first kappa shape index (κ1) is 25.5. The van der Waals surface area contributed by atoms with Crippen LogP contribution in [0.3, 0.4) is 0 Å². The standard InChI is InChI=1S/C41H29NS/c1-3-4-18-31-27(2)13-11-21-36(31)42-37-24-22-30(28-14-7-5-8-15-28)26-35(37)33-23-25-38-39(40(33)42)34-20-12-19-32(41(34)43-38)29-16-9-6-10-17-29/h3-26H,1H2,2H3/b18-4-. The van der Waals surface area contributed by atoms with Gasteiger partial charge in [-0.25, -0.2) is 0 Å². The molecule has 0 saturated carbocycles. The van der Waals surface area contributed by atoms with Gasteiger partial charge in [0.05, 0.1) is 16.7 Å². The van der Waals surface area contributed by atoms with E-state index in [9.17, 15) is 0 Å². The van der Waals surface area contributed by atoms with E-state index in [1.807, 2.05) is 23.5 Å². The number of rotatable bonds is 5. The van der Waals surface area contributed by atoms with Crippen LogP contribution < -0.4 is 0 Å². The van der Waals surface area contributed by atoms with Crippen LogP contribution in [0, 0.1) is 6.92 Å². The fourth-order valence-electron chi connectivity index (χ4n) is 6.54. The lowest BCUT2D eigenvalue weighted by atomic mass is 10.0. The summed E-state index contributed by atoms with van der Waals surface area (Å²) in [6.07, 6.45) is 6.08. The number of aromatic nitrogens is 1. The molecule has 0 unspecified atom stereocenters. The maximum atomic E-state index is 3.95. The molecule has 0 fully saturated rings. The van der Waals surface area contributed by atoms with Gasteiger partial charge in [-0.2, -0.15) is 0 Å². The van der Waals surface area contributed by atoms with Crippen LogP contribution in [-0.4, -0.2) is 4.57 Å². The topological polar surface area (TPSA) is 4.93 Å². The molecule has 0 radical (unpaired) electrons. The normalized spacial score (nSPS) is 11.8. The maximum absolute atomic E-state index is 3.95. The Labute approximate surface area is 255 Å². The minimum atomic E-state index is 1.18. The Morgan fingerprint density at radius 2 is 1.42 bits per heavy atom. The minimum absolute atomic E-state index is 1.18. The molecule has 0 saturated heterocycles. The number of thiophene rings is 1. The van der Waals surface area contributed by atoms with E-state index in [-0.39, 0.29) is 0 Å². The van der Waals surface area contributed by atoms with Crippen molar-refractivity contribution in [3.8, 4) is 27.9 Å². The van der Waals surface area contributed by atoms with Crippen molar-refractivity contribution < 1.29 is 0 Å². The van der Waals surface area contributed by atoms with Gasteiger partial charge >= 0.3 is 0 Å². The van der Waals surface area contributed by atoms with E-state index in [2.05, 4.69) is 152 Å². The lowest BCUT2D eigenvalue weighted by Gasteiger charge is -2.14. The highest BCUT2D eigenvalue weighted by Crippen LogP contribution is 2.46. The molecule has 0 amide bonds. The average Bonchev–Trinajstić information content (AvgIpc) is 3.60. The zero-order valence-electron chi connectivity index (χ0n) is 23.9. The summed E-state index contributed by atoms with van der Waals surface area (Å²) in [4.78, 5) is 0. The highest BCUT2D eigenvalue weighted by molar-refractivity contribution is 7.26. The third-order valence-corrected chi connectivity index (χ3v) is 9.72. The van der Waals surface area contributed by atoms with Crippen molar-refractivity contribution in [3.63, 3.8) is 0 Å². The lowest BCUT2D eigenvalue weighted by molar-refractivity contribution is 1.17. The number of hydrogen-bond acceptors (Lipinski definition) is 1. The van der Waals surface area contributed by atoms with Crippen LogP contribution in [0.2, 0.25) is 0 Å². The molecule has 2 heterocycles. The second-order valence-corrected chi connectivity index (χ2v) is 12.1. The van der Waals surface area contributed by atoms with E-state index in [1.165, 1.54) is 81.0 Å². The summed E-state index contributed by atoms with van der Waals surface area (Å²) in [6, 6.07) is 46.4. The van der Waals surface area contributed by atoms with Gasteiger partial charge in [0, 0.05) is 36.5 Å². The number of benzene rings is 6. The third kappa shape index (κ3) is 4.06. The molecule has 2 aromatic heterocycles. The van der Waals surface area contributed by atoms with Crippen molar-refractivity contribution in [2.24, 2.45) is 0 Å². The van der Waals surface area contributed by atoms with E-state index >= 15 is 0 Å². The molecule has 1 nitrogen and oxygen atoms in total. The van der Waals surface area contributed by atoms with Crippen LogP contribution in [0.4, 0.5) is 0 Å². The molecule has 6 aromatic carbocycles. The molecule has 0 aliphatic rings. The Kier molecular flexibility index (Phi) is 6.10. The molecule has 0 spiro atoms. The molecule has 43 heavy (non-hydrogen) atoms. The fraction of sp³-hybridized carbons (Fsp3) is 0.0244. The molecule has 0 atom stereocenters. The Hall–Kier alpha value is -5.18. The molecule has 2 heteroatoms. The fourth-order valence-corrected chi connectivity index (χ4v) is 7.78. The summed E-state index contributed by atoms with van der Waals surface area (Å²) in [5.74, 6) is 0. The molecular formula is C41H29NS. The maximum Gasteiger partial charge on any atom is 0.0634 e. The van der Waals surface area contributed by atoms with Crippen LogP contribution in [0.5, 0.6) is 0 Å². The molecule has 8 rings (SSSR count). The molecule has 0 N–H and O–H groups in total. The first-order valence-electron chi connectivity index (χ1n) is 14.7. The summed E-state index contributed by atoms with van der Waals surface area (Å²) >= 11 is 1.89. The Balaban J connectivity index is 1.55. The predicted octanol–water partition coefficient (Wildman–Crippen LogP) is 12.0. The van der Waals surface area contributed by atoms with Crippen molar-refractivity contribution in [2.75, 3.05) is 0 Å². The molecule has 8 aromatic rings. The minimum Gasteiger partial charge on any atom is -0.308 e. The first-order chi connectivity index (χ1) is 21.2. The van der Waals surface area contributed by atoms with Gasteiger partial charge in [0.15, 0.2) is 0 Å². The number of allylic oxidation sites excluding steroid dienone is 2. The van der Waals surface area contributed by atoms with Gasteiger partial charge in [-0.15, -0.1) is 11.3 Å². The monoisotopic (exact) mass is 567 g/mol. The van der Waals surface area contributed by atoms with Gasteiger partial charge in [-0.1, -0.05) is 128 Å². The van der Waals surface area contributed by atoms with Crippen LogP contribution in [0.25, 0.3) is 76.0 Å². The van der Waals surface area contributed by atoms with E-state index in [1.54, 1.807) is 0 Å². The van der Waals surface area contributed by atoms with Crippen LogP contribution in [0.15, 0.2) is 146 Å². The zero-order chi connectivity index (χ0) is 28.9. The number of hydrogen-bond donors (Lipinski definition) is 0. The summed E-state index contributed by atoms with van der Waals surface area (Å²) in [5.41, 5.74) is 11.1. The quantitative estimate of drug-likeness (QED) is 0.182. The largest absolute Gasteiger partial charge is 0.308 e. The highest BCUT2D eigenvalue weighted by atomic mass is 32.1. The van der Waals surface area contributed by atoms with Crippen molar-refractivity contribution in [2.45, 2.75) is 6.92 Å². The molecule has 204 valence electrons. The van der Waals surface area contributed by atoms with Crippen molar-refractivity contribution in [3.05, 3.63) is 157 Å². The molecular weight excluding hydrogens is 539 g/mol. The zero-order valence-corrected chi connectivity index (χ0v) is 24.7. The van der Waals surface area contributed by atoms with Crippen molar-refractivity contribution in [1.29, 1.82) is 0 Å². The number of aryl methyl sites for hydroxylation is 1. The molecule has 0 bridgehead atoms. The van der Waals surface area contributed by atoms with Crippen molar-refractivity contribution in [1.82, 2.24) is 4.57 Å². The SMILES string of the molecule is C=C/C=C\c1c(C)cccc1-n1c2ccc(-c3ccccc3)cc2c2ccc3sc4c(-c5ccccc5)cccc4c3c21. The first-order valence-corrected chi connectivity index (χ1v) is 15.5. The number of fused-ring (bicyclic) bond motifs is 7. The van der Waals surface area contributed by atoms with Gasteiger partial charge in [0.2, 0.25) is 0 Å².